The summed E-state index contributed by atoms with van der Waals surface area (Å²) >= 11 is 0. The Kier molecular flexibility index (Phi) is 11.2. The van der Waals surface area contributed by atoms with Gasteiger partial charge in [-0.05, 0) is 6.92 Å². The molecule has 0 aromatic carbocycles. The van der Waals surface area contributed by atoms with Gasteiger partial charge in [0.1, 0.15) is 6.61 Å². The van der Waals surface area contributed by atoms with Crippen LogP contribution in [0.5, 0.6) is 0 Å². The van der Waals surface area contributed by atoms with Crippen molar-refractivity contribution in [1.29, 1.82) is 0 Å². The summed E-state index contributed by atoms with van der Waals surface area (Å²) in [6, 6.07) is 0. The molecule has 0 aromatic rings. The molecule has 0 saturated heterocycles. The van der Waals surface area contributed by atoms with Crippen molar-refractivity contribution < 1.29 is 14.3 Å². The third-order valence-corrected chi connectivity index (χ3v) is 0.568. The van der Waals surface area contributed by atoms with Gasteiger partial charge in [0.15, 0.2) is 0 Å². The first-order valence-electron chi connectivity index (χ1n) is 2.45. The average Bonchev–Trinajstić information content (AvgIpc) is 1.68. The summed E-state index contributed by atoms with van der Waals surface area (Å²) in [5.74, 6) is -0.310. The van der Waals surface area contributed by atoms with Gasteiger partial charge in [0.05, 0.1) is 6.61 Å². The van der Waals surface area contributed by atoms with E-state index in [0.717, 1.165) is 0 Å². The van der Waals surface area contributed by atoms with Crippen LogP contribution in [0.25, 0.3) is 0 Å². The summed E-state index contributed by atoms with van der Waals surface area (Å²) in [4.78, 5) is 10.3. The third-order valence-electron chi connectivity index (χ3n) is 0.568. The molecular formula is C5H12O3Pb. The molecule has 0 amide bonds. The van der Waals surface area contributed by atoms with Crippen LogP contribution in [0.15, 0.2) is 0 Å². The monoisotopic (exact) mass is 328 g/mol. The first-order chi connectivity index (χ1) is 3.81. The topological polar surface area (TPSA) is 35.5 Å². The fourth-order valence-corrected chi connectivity index (χ4v) is 0.321. The number of methoxy groups -OCH3 is 1. The van der Waals surface area contributed by atoms with Crippen LogP contribution in [0.4, 0.5) is 0 Å². The Balaban J connectivity index is 0. The van der Waals surface area contributed by atoms with Gasteiger partial charge in [-0.25, -0.2) is 4.79 Å². The summed E-state index contributed by atoms with van der Waals surface area (Å²) < 4.78 is 9.00. The second kappa shape index (κ2) is 8.35. The minimum absolute atomic E-state index is 0. The van der Waals surface area contributed by atoms with E-state index in [9.17, 15) is 4.79 Å². The van der Waals surface area contributed by atoms with Gasteiger partial charge in [-0.2, -0.15) is 0 Å². The van der Waals surface area contributed by atoms with Crippen LogP contribution in [-0.2, 0) is 14.3 Å². The van der Waals surface area contributed by atoms with E-state index in [0.29, 0.717) is 6.61 Å². The van der Waals surface area contributed by atoms with E-state index >= 15 is 0 Å². The molecule has 0 N–H and O–H groups in total. The Morgan fingerprint density at radius 2 is 2.11 bits per heavy atom. The van der Waals surface area contributed by atoms with Crippen LogP contribution >= 0.6 is 0 Å². The van der Waals surface area contributed by atoms with Crippen LogP contribution in [0, 0.1) is 0 Å². The van der Waals surface area contributed by atoms with Crippen LogP contribution in [0.3, 0.4) is 0 Å². The Labute approximate surface area is 74.9 Å². The molecule has 0 aliphatic rings. The van der Waals surface area contributed by atoms with Gasteiger partial charge in [0, 0.05) is 7.11 Å². The zero-order chi connectivity index (χ0) is 6.41. The molecule has 2 radical (unpaired) electrons. The van der Waals surface area contributed by atoms with Crippen LogP contribution < -0.4 is 0 Å². The van der Waals surface area contributed by atoms with Crippen LogP contribution in [-0.4, -0.2) is 53.6 Å². The number of carbonyl (C=O) groups is 1. The molecule has 0 saturated carbocycles. The van der Waals surface area contributed by atoms with Gasteiger partial charge in [0.25, 0.3) is 0 Å². The van der Waals surface area contributed by atoms with E-state index in [1.165, 1.54) is 7.11 Å². The molecule has 0 atom stereocenters. The number of hydrogen-bond acceptors (Lipinski definition) is 3. The number of carbonyl (C=O) groups excluding carboxylic acids is 1. The average molecular weight is 327 g/mol. The number of esters is 1. The van der Waals surface area contributed by atoms with E-state index in [2.05, 4.69) is 9.47 Å². The zero-order valence-electron chi connectivity index (χ0n) is 5.85. The Morgan fingerprint density at radius 3 is 2.44 bits per heavy atom. The van der Waals surface area contributed by atoms with Gasteiger partial charge in [-0.3, -0.25) is 0 Å². The van der Waals surface area contributed by atoms with Crippen LogP contribution in [0.1, 0.15) is 6.92 Å². The van der Waals surface area contributed by atoms with E-state index in [1.54, 1.807) is 6.92 Å². The standard InChI is InChI=1S/C5H10O3.Pb.2H/c1-3-8-5(6)4-7-2;;;/h3-4H2,1-2H3;;;. The molecule has 0 bridgehead atoms. The fraction of sp³-hybridized carbons (Fsp3) is 0.800. The number of hydrogen-bond donors (Lipinski definition) is 0. The maximum absolute atomic E-state index is 10.3. The normalized spacial score (nSPS) is 7.78. The predicted octanol–water partition coefficient (Wildman–Crippen LogP) is -0.720. The van der Waals surface area contributed by atoms with Crippen molar-refractivity contribution in [2.45, 2.75) is 6.92 Å². The first kappa shape index (κ1) is 12.1. The molecule has 0 aromatic heterocycles. The van der Waals surface area contributed by atoms with Gasteiger partial charge in [0.2, 0.25) is 0 Å². The fourth-order valence-electron chi connectivity index (χ4n) is 0.321. The summed E-state index contributed by atoms with van der Waals surface area (Å²) in [5.41, 5.74) is 0. The molecule has 0 spiro atoms. The second-order valence-electron chi connectivity index (χ2n) is 1.24. The number of rotatable bonds is 3. The van der Waals surface area contributed by atoms with Crippen molar-refractivity contribution in [3.63, 3.8) is 0 Å². The van der Waals surface area contributed by atoms with Crippen molar-refractivity contribution in [3.8, 4) is 0 Å². The molecule has 54 valence electrons. The molecule has 0 fully saturated rings. The van der Waals surface area contributed by atoms with Gasteiger partial charge < -0.3 is 9.47 Å². The first-order valence-corrected chi connectivity index (χ1v) is 2.45. The molecule has 0 unspecified atom stereocenters. The minimum atomic E-state index is -0.310. The maximum atomic E-state index is 10.3. The van der Waals surface area contributed by atoms with E-state index < -0.39 is 0 Å². The SMILES string of the molecule is CCOC(=O)COC.[PbH2]. The molecule has 3 nitrogen and oxygen atoms in total. The van der Waals surface area contributed by atoms with E-state index in [1.807, 2.05) is 0 Å². The van der Waals surface area contributed by atoms with E-state index in [-0.39, 0.29) is 39.9 Å². The summed E-state index contributed by atoms with van der Waals surface area (Å²) in [6.45, 7) is 2.23. The zero-order valence-corrected chi connectivity index (χ0v) is 11.3. The quantitative estimate of drug-likeness (QED) is 0.507. The summed E-state index contributed by atoms with van der Waals surface area (Å²) in [5, 5.41) is 0. The molecule has 0 aliphatic carbocycles. The third kappa shape index (κ3) is 8.35. The van der Waals surface area contributed by atoms with Gasteiger partial charge in [-0.15, -0.1) is 0 Å². The Hall–Kier alpha value is 0.352. The van der Waals surface area contributed by atoms with Gasteiger partial charge >= 0.3 is 33.3 Å². The van der Waals surface area contributed by atoms with Crippen molar-refractivity contribution in [2.75, 3.05) is 20.3 Å². The summed E-state index contributed by atoms with van der Waals surface area (Å²) in [7, 11) is 1.46. The van der Waals surface area contributed by atoms with Crippen molar-refractivity contribution in [2.24, 2.45) is 0 Å². The summed E-state index contributed by atoms with van der Waals surface area (Å²) in [6.07, 6.45) is 0. The Morgan fingerprint density at radius 1 is 1.56 bits per heavy atom. The molecule has 0 aliphatic heterocycles. The molecule has 4 heteroatoms. The second-order valence-corrected chi connectivity index (χ2v) is 1.24. The van der Waals surface area contributed by atoms with Crippen molar-refractivity contribution in [1.82, 2.24) is 0 Å². The predicted molar refractivity (Wildman–Crippen MR) is 37.1 cm³/mol. The Bertz CT molecular complexity index is 66.6. The molecule has 9 heavy (non-hydrogen) atoms. The van der Waals surface area contributed by atoms with Crippen molar-refractivity contribution in [3.05, 3.63) is 0 Å². The molecule has 0 rings (SSSR count). The number of ether oxygens (including phenoxy) is 2. The van der Waals surface area contributed by atoms with Crippen LogP contribution in [0.2, 0.25) is 0 Å². The van der Waals surface area contributed by atoms with Crippen molar-refractivity contribution >= 4 is 33.3 Å². The molecular weight excluding hydrogens is 315 g/mol. The van der Waals surface area contributed by atoms with E-state index in [4.69, 9.17) is 0 Å². The van der Waals surface area contributed by atoms with Gasteiger partial charge in [-0.1, -0.05) is 0 Å². The molecule has 0 heterocycles.